The Bertz CT molecular complexity index is 1130. The van der Waals surface area contributed by atoms with Gasteiger partial charge in [-0.25, -0.2) is 18.0 Å². The van der Waals surface area contributed by atoms with Gasteiger partial charge >= 0.3 is 11.9 Å². The minimum atomic E-state index is -3.52. The number of hydrogen-bond donors (Lipinski definition) is 2. The van der Waals surface area contributed by atoms with Crippen LogP contribution in [0.25, 0.3) is 0 Å². The average molecular weight is 548 g/mol. The molecule has 1 saturated heterocycles. The third-order valence-electron chi connectivity index (χ3n) is 4.69. The number of sulfonamides is 1. The van der Waals surface area contributed by atoms with Crippen molar-refractivity contribution in [1.29, 1.82) is 0 Å². The molecule has 0 saturated carbocycles. The van der Waals surface area contributed by atoms with Crippen molar-refractivity contribution in [3.05, 3.63) is 63.9 Å². The van der Waals surface area contributed by atoms with Crippen LogP contribution in [0.1, 0.15) is 16.1 Å². The number of aromatic nitrogens is 1. The SMILES string of the molecule is O=C(O)C(=O)O.O=C(c1ccc(Cl)cc1Cl)N(CCS(=O)(=O)N1CCOCC1)Cc1ccccn1. The van der Waals surface area contributed by atoms with E-state index in [9.17, 15) is 13.2 Å². The number of halogens is 2. The summed E-state index contributed by atoms with van der Waals surface area (Å²) in [5.74, 6) is -4.23. The second kappa shape index (κ2) is 13.4. The van der Waals surface area contributed by atoms with E-state index >= 15 is 0 Å². The van der Waals surface area contributed by atoms with Crippen molar-refractivity contribution < 1.29 is 37.8 Å². The lowest BCUT2D eigenvalue weighted by Gasteiger charge is -2.28. The molecule has 2 aromatic rings. The van der Waals surface area contributed by atoms with Gasteiger partial charge in [-0.1, -0.05) is 29.3 Å². The molecule has 1 amide bonds. The van der Waals surface area contributed by atoms with Gasteiger partial charge in [0, 0.05) is 30.9 Å². The maximum absolute atomic E-state index is 13.1. The molecule has 0 atom stereocenters. The summed E-state index contributed by atoms with van der Waals surface area (Å²) in [4.78, 5) is 37.0. The number of carbonyl (C=O) groups excluding carboxylic acids is 1. The predicted molar refractivity (Wildman–Crippen MR) is 127 cm³/mol. The Labute approximate surface area is 211 Å². The Hall–Kier alpha value is -2.77. The van der Waals surface area contributed by atoms with Gasteiger partial charge in [-0.15, -0.1) is 0 Å². The van der Waals surface area contributed by atoms with E-state index in [1.54, 1.807) is 24.4 Å². The number of hydrogen-bond acceptors (Lipinski definition) is 7. The second-order valence-corrected chi connectivity index (χ2v) is 10.0. The number of rotatable bonds is 7. The smallest absolute Gasteiger partial charge is 0.414 e. The highest BCUT2D eigenvalue weighted by molar-refractivity contribution is 7.89. The number of carboxylic acid groups (broad SMARTS) is 2. The molecule has 1 aromatic carbocycles. The first kappa shape index (κ1) is 28.5. The van der Waals surface area contributed by atoms with Crippen LogP contribution in [0.3, 0.4) is 0 Å². The lowest BCUT2D eigenvalue weighted by atomic mass is 10.2. The highest BCUT2D eigenvalue weighted by Gasteiger charge is 2.27. The van der Waals surface area contributed by atoms with E-state index in [0.717, 1.165) is 0 Å². The number of aliphatic carboxylic acids is 2. The molecular weight excluding hydrogens is 525 g/mol. The number of nitrogens with zero attached hydrogens (tertiary/aromatic N) is 3. The van der Waals surface area contributed by atoms with Crippen LogP contribution in [-0.4, -0.2) is 89.3 Å². The number of pyridine rings is 1. The van der Waals surface area contributed by atoms with E-state index in [-0.39, 0.29) is 35.3 Å². The van der Waals surface area contributed by atoms with Gasteiger partial charge in [-0.05, 0) is 30.3 Å². The van der Waals surface area contributed by atoms with Crippen molar-refractivity contribution in [2.45, 2.75) is 6.54 Å². The monoisotopic (exact) mass is 547 g/mol. The number of morpholine rings is 1. The zero-order valence-corrected chi connectivity index (χ0v) is 20.7. The molecule has 1 aromatic heterocycles. The Morgan fingerprint density at radius 2 is 1.71 bits per heavy atom. The van der Waals surface area contributed by atoms with Crippen LogP contribution in [0.4, 0.5) is 0 Å². The Morgan fingerprint density at radius 3 is 2.26 bits per heavy atom. The predicted octanol–water partition coefficient (Wildman–Crippen LogP) is 1.85. The molecule has 1 aliphatic rings. The summed E-state index contributed by atoms with van der Waals surface area (Å²) in [6.45, 7) is 1.55. The van der Waals surface area contributed by atoms with Crippen molar-refractivity contribution in [2.75, 3.05) is 38.6 Å². The number of amides is 1. The quantitative estimate of drug-likeness (QED) is 0.494. The van der Waals surface area contributed by atoms with E-state index in [4.69, 9.17) is 47.7 Å². The maximum Gasteiger partial charge on any atom is 0.414 e. The minimum absolute atomic E-state index is 0.00799. The van der Waals surface area contributed by atoms with Crippen molar-refractivity contribution in [1.82, 2.24) is 14.2 Å². The van der Waals surface area contributed by atoms with Gasteiger partial charge < -0.3 is 19.8 Å². The van der Waals surface area contributed by atoms with Crippen molar-refractivity contribution in [3.63, 3.8) is 0 Å². The number of carboxylic acids is 2. The molecular formula is C21H23Cl2N3O8S. The molecule has 190 valence electrons. The van der Waals surface area contributed by atoms with Crippen LogP contribution in [0.15, 0.2) is 42.6 Å². The molecule has 0 radical (unpaired) electrons. The Kier molecular flexibility index (Phi) is 10.9. The summed E-state index contributed by atoms with van der Waals surface area (Å²) in [6, 6.07) is 9.96. The highest BCUT2D eigenvalue weighted by atomic mass is 35.5. The summed E-state index contributed by atoms with van der Waals surface area (Å²) in [6.07, 6.45) is 1.62. The third kappa shape index (κ3) is 9.07. The van der Waals surface area contributed by atoms with Gasteiger partial charge in [0.2, 0.25) is 10.0 Å². The largest absolute Gasteiger partial charge is 0.473 e. The maximum atomic E-state index is 13.1. The normalized spacial score (nSPS) is 13.9. The van der Waals surface area contributed by atoms with E-state index in [1.807, 2.05) is 6.07 Å². The van der Waals surface area contributed by atoms with Gasteiger partial charge in [0.25, 0.3) is 5.91 Å². The van der Waals surface area contributed by atoms with Crippen LogP contribution in [0, 0.1) is 0 Å². The molecule has 1 fully saturated rings. The van der Waals surface area contributed by atoms with Crippen LogP contribution in [-0.2, 0) is 30.9 Å². The molecule has 3 rings (SSSR count). The van der Waals surface area contributed by atoms with Gasteiger partial charge in [0.15, 0.2) is 0 Å². The van der Waals surface area contributed by atoms with Crippen LogP contribution in [0.2, 0.25) is 10.0 Å². The first-order chi connectivity index (χ1) is 16.5. The summed E-state index contributed by atoms with van der Waals surface area (Å²) in [7, 11) is -3.52. The molecule has 0 aliphatic carbocycles. The van der Waals surface area contributed by atoms with Crippen LogP contribution < -0.4 is 0 Å². The van der Waals surface area contributed by atoms with E-state index in [0.29, 0.717) is 37.0 Å². The topological polar surface area (TPSA) is 154 Å². The van der Waals surface area contributed by atoms with E-state index in [2.05, 4.69) is 4.98 Å². The van der Waals surface area contributed by atoms with Crippen LogP contribution >= 0.6 is 23.2 Å². The molecule has 2 N–H and O–H groups in total. The molecule has 14 heteroatoms. The zero-order valence-electron chi connectivity index (χ0n) is 18.3. The fraction of sp³-hybridized carbons (Fsp3) is 0.333. The second-order valence-electron chi connectivity index (χ2n) is 7.11. The Morgan fingerprint density at radius 1 is 1.06 bits per heavy atom. The number of carbonyl (C=O) groups is 3. The van der Waals surface area contributed by atoms with Crippen molar-refractivity contribution in [3.8, 4) is 0 Å². The lowest BCUT2D eigenvalue weighted by molar-refractivity contribution is -0.159. The first-order valence-corrected chi connectivity index (χ1v) is 12.5. The van der Waals surface area contributed by atoms with Gasteiger partial charge in [-0.3, -0.25) is 9.78 Å². The van der Waals surface area contributed by atoms with Gasteiger partial charge in [0.05, 0.1) is 41.8 Å². The molecule has 0 bridgehead atoms. The summed E-state index contributed by atoms with van der Waals surface area (Å²) < 4.78 is 32.0. The minimum Gasteiger partial charge on any atom is -0.473 e. The molecule has 11 nitrogen and oxygen atoms in total. The van der Waals surface area contributed by atoms with Crippen molar-refractivity contribution >= 4 is 51.1 Å². The third-order valence-corrected chi connectivity index (χ3v) is 7.09. The number of benzene rings is 1. The van der Waals surface area contributed by atoms with Gasteiger partial charge in [0.1, 0.15) is 0 Å². The van der Waals surface area contributed by atoms with E-state index < -0.39 is 22.0 Å². The molecule has 0 unspecified atom stereocenters. The zero-order chi connectivity index (χ0) is 26.0. The average Bonchev–Trinajstić information content (AvgIpc) is 2.83. The van der Waals surface area contributed by atoms with Gasteiger partial charge in [-0.2, -0.15) is 4.31 Å². The molecule has 1 aliphatic heterocycles. The van der Waals surface area contributed by atoms with Crippen molar-refractivity contribution in [2.24, 2.45) is 0 Å². The Balaban J connectivity index is 0.000000641. The van der Waals surface area contributed by atoms with E-state index in [1.165, 1.54) is 21.3 Å². The highest BCUT2D eigenvalue weighted by Crippen LogP contribution is 2.23. The standard InChI is InChI=1S/C19H21Cl2N3O4S.C2H2O4/c20-15-4-5-17(18(21)13-15)19(25)23(14-16-3-1-2-6-22-16)9-12-29(26,27)24-7-10-28-11-8-24;3-1(4)2(5)6/h1-6,13H,7-12,14H2;(H,3,4)(H,5,6). The molecule has 35 heavy (non-hydrogen) atoms. The summed E-state index contributed by atoms with van der Waals surface area (Å²) in [5, 5.41) is 15.4. The fourth-order valence-corrected chi connectivity index (χ4v) is 4.86. The first-order valence-electron chi connectivity index (χ1n) is 10.2. The summed E-state index contributed by atoms with van der Waals surface area (Å²) in [5.41, 5.74) is 0.908. The molecule has 0 spiro atoms. The lowest BCUT2D eigenvalue weighted by Crippen LogP contribution is -2.44. The summed E-state index contributed by atoms with van der Waals surface area (Å²) >= 11 is 12.1. The molecule has 2 heterocycles. The van der Waals surface area contributed by atoms with Crippen LogP contribution in [0.5, 0.6) is 0 Å². The fourth-order valence-electron chi connectivity index (χ4n) is 2.95. The number of ether oxygens (including phenoxy) is 1.